The third-order valence-corrected chi connectivity index (χ3v) is 7.34. The van der Waals surface area contributed by atoms with Crippen molar-refractivity contribution in [3.63, 3.8) is 0 Å². The molecule has 3 aliphatic carbocycles. The molecule has 1 saturated carbocycles. The van der Waals surface area contributed by atoms with Crippen LogP contribution in [-0.2, 0) is 11.2 Å². The molecule has 6 rings (SSSR count). The summed E-state index contributed by atoms with van der Waals surface area (Å²) in [6.45, 7) is 5.51. The predicted octanol–water partition coefficient (Wildman–Crippen LogP) is 5.35. The van der Waals surface area contributed by atoms with Crippen LogP contribution in [0, 0.1) is 5.92 Å². The Hall–Kier alpha value is -1.58. The van der Waals surface area contributed by atoms with Crippen molar-refractivity contribution in [2.45, 2.75) is 56.8 Å². The lowest BCUT2D eigenvalue weighted by atomic mass is 9.61. The van der Waals surface area contributed by atoms with E-state index in [-0.39, 0.29) is 0 Å². The molecule has 3 atom stereocenters. The van der Waals surface area contributed by atoms with E-state index in [1.807, 2.05) is 6.26 Å². The first-order valence-corrected chi connectivity index (χ1v) is 11.3. The van der Waals surface area contributed by atoms with Gasteiger partial charge in [0.05, 0.1) is 19.1 Å². The number of fused-ring (bicyclic) bond motifs is 2. The smallest absolute Gasteiger partial charge is 0.0937 e. The highest BCUT2D eigenvalue weighted by Gasteiger charge is 2.39. The van der Waals surface area contributed by atoms with Gasteiger partial charge in [0.1, 0.15) is 0 Å². The van der Waals surface area contributed by atoms with Gasteiger partial charge in [-0.15, -0.1) is 0 Å². The van der Waals surface area contributed by atoms with Crippen molar-refractivity contribution in [3.05, 3.63) is 59.0 Å². The Morgan fingerprint density at radius 2 is 1.93 bits per heavy atom. The van der Waals surface area contributed by atoms with Gasteiger partial charge in [0, 0.05) is 19.6 Å². The fourth-order valence-corrected chi connectivity index (χ4v) is 5.87. The zero-order valence-electron chi connectivity index (χ0n) is 16.9. The molecule has 1 saturated heterocycles. The van der Waals surface area contributed by atoms with E-state index in [1.165, 1.54) is 62.7 Å². The molecule has 0 amide bonds. The first kappa shape index (κ1) is 18.4. The lowest BCUT2D eigenvalue weighted by Crippen LogP contribution is -2.31. The van der Waals surface area contributed by atoms with Crippen LogP contribution in [0.15, 0.2) is 41.2 Å². The number of likely N-dealkylation sites (tertiary alicyclic amines) is 1. The van der Waals surface area contributed by atoms with Crippen LogP contribution in [0.3, 0.4) is 0 Å². The average Bonchev–Trinajstić information content (AvgIpc) is 3.42. The molecule has 2 heterocycles. The number of furan rings is 1. The van der Waals surface area contributed by atoms with Gasteiger partial charge in [-0.05, 0) is 97.7 Å². The maximum atomic E-state index is 6.04. The highest BCUT2D eigenvalue weighted by atomic mass is 16.5. The van der Waals surface area contributed by atoms with Crippen molar-refractivity contribution < 1.29 is 9.15 Å². The fraction of sp³-hybridized carbons (Fsp3) is 0.600. The van der Waals surface area contributed by atoms with Crippen molar-refractivity contribution in [2.75, 3.05) is 32.8 Å². The summed E-state index contributed by atoms with van der Waals surface area (Å²) in [5, 5.41) is 0. The second-order valence-electron chi connectivity index (χ2n) is 9.10. The fourth-order valence-electron chi connectivity index (χ4n) is 5.87. The van der Waals surface area contributed by atoms with E-state index in [4.69, 9.17) is 9.15 Å². The quantitative estimate of drug-likeness (QED) is 0.578. The molecule has 2 bridgehead atoms. The minimum Gasteiger partial charge on any atom is -0.472 e. The van der Waals surface area contributed by atoms with Crippen LogP contribution in [-0.4, -0.2) is 37.7 Å². The highest BCUT2D eigenvalue weighted by molar-refractivity contribution is 5.42. The molecule has 28 heavy (non-hydrogen) atoms. The van der Waals surface area contributed by atoms with Gasteiger partial charge in [0.2, 0.25) is 0 Å². The molecular weight excluding hydrogens is 346 g/mol. The maximum Gasteiger partial charge on any atom is 0.0937 e. The van der Waals surface area contributed by atoms with E-state index >= 15 is 0 Å². The van der Waals surface area contributed by atoms with Gasteiger partial charge in [-0.3, -0.25) is 0 Å². The second kappa shape index (κ2) is 8.42. The lowest BCUT2D eigenvalue weighted by molar-refractivity contribution is 0.0875. The van der Waals surface area contributed by atoms with Crippen molar-refractivity contribution in [3.8, 4) is 0 Å². The summed E-state index contributed by atoms with van der Waals surface area (Å²) in [5.74, 6) is 2.33. The molecular formula is C25H33NO2. The Kier molecular flexibility index (Phi) is 5.55. The molecule has 1 aromatic heterocycles. The van der Waals surface area contributed by atoms with Crippen molar-refractivity contribution in [2.24, 2.45) is 5.92 Å². The monoisotopic (exact) mass is 379 g/mol. The molecule has 1 aromatic carbocycles. The summed E-state index contributed by atoms with van der Waals surface area (Å²) in [5.41, 5.74) is 5.97. The molecule has 3 nitrogen and oxygen atoms in total. The molecule has 0 N–H and O–H groups in total. The first-order chi connectivity index (χ1) is 13.9. The van der Waals surface area contributed by atoms with Gasteiger partial charge >= 0.3 is 0 Å². The molecule has 4 aliphatic rings. The molecule has 0 spiro atoms. The zero-order chi connectivity index (χ0) is 18.8. The molecule has 2 aromatic rings. The van der Waals surface area contributed by atoms with Crippen LogP contribution in [0.1, 0.15) is 72.6 Å². The zero-order valence-corrected chi connectivity index (χ0v) is 16.9. The van der Waals surface area contributed by atoms with Gasteiger partial charge in [0.15, 0.2) is 0 Å². The van der Waals surface area contributed by atoms with Crippen molar-refractivity contribution in [1.29, 1.82) is 0 Å². The Balaban J connectivity index is 1.18. The van der Waals surface area contributed by atoms with E-state index < -0.39 is 0 Å². The summed E-state index contributed by atoms with van der Waals surface area (Å²) < 4.78 is 11.3. The van der Waals surface area contributed by atoms with Gasteiger partial charge in [-0.2, -0.15) is 0 Å². The Bertz CT molecular complexity index is 763. The minimum absolute atomic E-state index is 0.742. The van der Waals surface area contributed by atoms with Crippen LogP contribution >= 0.6 is 0 Å². The van der Waals surface area contributed by atoms with E-state index in [2.05, 4.69) is 29.2 Å². The molecule has 0 radical (unpaired) electrons. The summed E-state index contributed by atoms with van der Waals surface area (Å²) >= 11 is 0. The molecule has 0 unspecified atom stereocenters. The van der Waals surface area contributed by atoms with E-state index in [9.17, 15) is 0 Å². The van der Waals surface area contributed by atoms with Crippen molar-refractivity contribution >= 4 is 0 Å². The Labute approximate surface area is 169 Å². The first-order valence-electron chi connectivity index (χ1n) is 11.3. The molecule has 1 aliphatic heterocycles. The molecule has 2 fully saturated rings. The van der Waals surface area contributed by atoms with Crippen LogP contribution in [0.2, 0.25) is 0 Å². The second-order valence-corrected chi connectivity index (χ2v) is 9.10. The van der Waals surface area contributed by atoms with E-state index in [0.29, 0.717) is 0 Å². The standard InChI is InChI=1S/C25H33NO2/c1-2-10-26(9-1)11-14-27-13-8-22-17-21-4-6-24(22)25-16-19(3-5-23(21)25)15-20-7-12-28-18-20/h3,5,7,12,16,18,21-22,24H,1-2,4,6,8-11,13-15,17H2/t21-,22-,24+/m1/s1. The third kappa shape index (κ3) is 3.92. The van der Waals surface area contributed by atoms with E-state index in [1.54, 1.807) is 17.4 Å². The summed E-state index contributed by atoms with van der Waals surface area (Å²) in [6.07, 6.45) is 12.7. The van der Waals surface area contributed by atoms with Crippen LogP contribution in [0.5, 0.6) is 0 Å². The Morgan fingerprint density at radius 3 is 2.79 bits per heavy atom. The SMILES string of the molecule is c1cc(Cc2ccc3c(c2)[C@H]2CC[C@@H]3C[C@H]2CCOCCN2CCCC2)co1. The lowest BCUT2D eigenvalue weighted by Gasteiger charge is -2.44. The molecule has 150 valence electrons. The largest absolute Gasteiger partial charge is 0.472 e. The number of hydrogen-bond donors (Lipinski definition) is 0. The number of hydrogen-bond acceptors (Lipinski definition) is 3. The van der Waals surface area contributed by atoms with Crippen LogP contribution in [0.25, 0.3) is 0 Å². The third-order valence-electron chi connectivity index (χ3n) is 7.34. The van der Waals surface area contributed by atoms with Crippen LogP contribution in [0.4, 0.5) is 0 Å². The highest BCUT2D eigenvalue weighted by Crippen LogP contribution is 2.53. The van der Waals surface area contributed by atoms with Crippen LogP contribution < -0.4 is 0 Å². The van der Waals surface area contributed by atoms with Gasteiger partial charge in [0.25, 0.3) is 0 Å². The normalized spacial score (nSPS) is 26.6. The predicted molar refractivity (Wildman–Crippen MR) is 112 cm³/mol. The van der Waals surface area contributed by atoms with Gasteiger partial charge < -0.3 is 14.1 Å². The number of ether oxygens (including phenoxy) is 1. The topological polar surface area (TPSA) is 25.6 Å². The van der Waals surface area contributed by atoms with Crippen molar-refractivity contribution in [1.82, 2.24) is 4.90 Å². The molecule has 3 heteroatoms. The number of benzene rings is 1. The summed E-state index contributed by atoms with van der Waals surface area (Å²) in [6, 6.07) is 9.33. The Morgan fingerprint density at radius 1 is 1.00 bits per heavy atom. The van der Waals surface area contributed by atoms with Gasteiger partial charge in [-0.25, -0.2) is 0 Å². The van der Waals surface area contributed by atoms with Gasteiger partial charge in [-0.1, -0.05) is 18.2 Å². The van der Waals surface area contributed by atoms with E-state index in [0.717, 1.165) is 43.9 Å². The average molecular weight is 380 g/mol. The summed E-state index contributed by atoms with van der Waals surface area (Å²) in [4.78, 5) is 2.54. The number of rotatable bonds is 8. The summed E-state index contributed by atoms with van der Waals surface area (Å²) in [7, 11) is 0. The number of nitrogens with zero attached hydrogens (tertiary/aromatic N) is 1. The minimum atomic E-state index is 0.742. The maximum absolute atomic E-state index is 6.04.